The summed E-state index contributed by atoms with van der Waals surface area (Å²) in [5.41, 5.74) is 7.83. The highest BCUT2D eigenvalue weighted by Crippen LogP contribution is 2.22. The summed E-state index contributed by atoms with van der Waals surface area (Å²) in [6.45, 7) is 1.61. The van der Waals surface area contributed by atoms with Crippen molar-refractivity contribution in [2.45, 2.75) is 19.4 Å². The monoisotopic (exact) mass is 373 g/mol. The Morgan fingerprint density at radius 1 is 1.11 bits per heavy atom. The van der Waals surface area contributed by atoms with Gasteiger partial charge in [-0.25, -0.2) is 8.78 Å². The molecule has 0 radical (unpaired) electrons. The summed E-state index contributed by atoms with van der Waals surface area (Å²) in [6.07, 6.45) is 0.527. The Hall–Kier alpha value is -1.01. The molecule has 0 saturated heterocycles. The molecule has 0 amide bonds. The molecule has 1 nitrogen and oxygen atoms in total. The first-order chi connectivity index (χ1) is 8.97. The summed E-state index contributed by atoms with van der Waals surface area (Å²) in [5.74, 6) is -1.12. The van der Waals surface area contributed by atoms with Gasteiger partial charge in [0.1, 0.15) is 11.6 Å². The van der Waals surface area contributed by atoms with E-state index < -0.39 is 17.7 Å². The van der Waals surface area contributed by atoms with Gasteiger partial charge in [0.05, 0.1) is 0 Å². The van der Waals surface area contributed by atoms with Crippen LogP contribution in [0.1, 0.15) is 22.7 Å². The third-order valence-corrected chi connectivity index (χ3v) is 3.77. The molecule has 1 unspecified atom stereocenters. The fourth-order valence-electron chi connectivity index (χ4n) is 1.95. The van der Waals surface area contributed by atoms with Crippen LogP contribution >= 0.6 is 22.6 Å². The van der Waals surface area contributed by atoms with Crippen molar-refractivity contribution in [3.05, 3.63) is 68.3 Å². The maximum absolute atomic E-state index is 13.7. The highest BCUT2D eigenvalue weighted by atomic mass is 127. The average Bonchev–Trinajstić information content (AvgIpc) is 2.36. The van der Waals surface area contributed by atoms with Crippen molar-refractivity contribution in [3.8, 4) is 0 Å². The van der Waals surface area contributed by atoms with E-state index in [9.17, 15) is 8.78 Å². The Bertz CT molecular complexity index is 581. The van der Waals surface area contributed by atoms with Crippen LogP contribution in [0.5, 0.6) is 0 Å². The fraction of sp³-hybridized carbons (Fsp3) is 0.200. The van der Waals surface area contributed by atoms with E-state index in [1.54, 1.807) is 6.92 Å². The molecule has 0 fully saturated rings. The quantitative estimate of drug-likeness (QED) is 0.805. The molecule has 0 aliphatic heterocycles. The molecule has 2 aromatic carbocycles. The minimum Gasteiger partial charge on any atom is -0.324 e. The van der Waals surface area contributed by atoms with Crippen LogP contribution in [0.4, 0.5) is 8.78 Å². The van der Waals surface area contributed by atoms with Crippen LogP contribution < -0.4 is 5.73 Å². The number of benzene rings is 2. The second kappa shape index (κ2) is 5.96. The molecule has 2 aromatic rings. The maximum Gasteiger partial charge on any atom is 0.130 e. The normalized spacial score (nSPS) is 12.5. The second-order valence-corrected chi connectivity index (χ2v) is 5.81. The molecule has 0 heterocycles. The van der Waals surface area contributed by atoms with Gasteiger partial charge in [-0.1, -0.05) is 12.1 Å². The standard InChI is InChI=1S/C15H14F2IN/c1-9-6-12(14(17)8-13(9)16)15(19)7-10-2-4-11(18)5-3-10/h2-6,8,15H,7,19H2,1H3. The number of halogens is 3. The molecule has 0 aliphatic rings. The molecular formula is C15H14F2IN. The van der Waals surface area contributed by atoms with E-state index in [1.165, 1.54) is 6.07 Å². The van der Waals surface area contributed by atoms with Crippen LogP contribution in [-0.4, -0.2) is 0 Å². The first-order valence-corrected chi connectivity index (χ1v) is 7.01. The molecule has 19 heavy (non-hydrogen) atoms. The van der Waals surface area contributed by atoms with Crippen LogP contribution in [0.3, 0.4) is 0 Å². The van der Waals surface area contributed by atoms with E-state index in [4.69, 9.17) is 5.73 Å². The van der Waals surface area contributed by atoms with Gasteiger partial charge in [-0.3, -0.25) is 0 Å². The summed E-state index contributed by atoms with van der Waals surface area (Å²) < 4.78 is 28.1. The average molecular weight is 373 g/mol. The molecule has 100 valence electrons. The molecule has 4 heteroatoms. The summed E-state index contributed by atoms with van der Waals surface area (Å²) >= 11 is 2.22. The maximum atomic E-state index is 13.7. The molecule has 2 N–H and O–H groups in total. The molecule has 0 bridgehead atoms. The lowest BCUT2D eigenvalue weighted by Crippen LogP contribution is -2.15. The van der Waals surface area contributed by atoms with Crippen molar-refractivity contribution in [2.75, 3.05) is 0 Å². The van der Waals surface area contributed by atoms with E-state index in [0.717, 1.165) is 15.2 Å². The highest BCUT2D eigenvalue weighted by Gasteiger charge is 2.14. The van der Waals surface area contributed by atoms with Crippen molar-refractivity contribution in [1.82, 2.24) is 0 Å². The fourth-order valence-corrected chi connectivity index (χ4v) is 2.31. The zero-order chi connectivity index (χ0) is 14.0. The Morgan fingerprint density at radius 2 is 1.74 bits per heavy atom. The summed E-state index contributed by atoms with van der Waals surface area (Å²) in [5, 5.41) is 0. The van der Waals surface area contributed by atoms with E-state index in [-0.39, 0.29) is 0 Å². The molecule has 0 aromatic heterocycles. The molecular weight excluding hydrogens is 359 g/mol. The van der Waals surface area contributed by atoms with E-state index in [1.807, 2.05) is 24.3 Å². The van der Waals surface area contributed by atoms with Gasteiger partial charge in [0, 0.05) is 21.2 Å². The van der Waals surface area contributed by atoms with Crippen LogP contribution in [-0.2, 0) is 6.42 Å². The Balaban J connectivity index is 2.22. The molecule has 2 rings (SSSR count). The summed E-state index contributed by atoms with van der Waals surface area (Å²) in [4.78, 5) is 0. The van der Waals surface area contributed by atoms with Crippen molar-refractivity contribution in [3.63, 3.8) is 0 Å². The van der Waals surface area contributed by atoms with Gasteiger partial charge in [-0.2, -0.15) is 0 Å². The molecule has 0 saturated carbocycles. The van der Waals surface area contributed by atoms with Gasteiger partial charge in [0.15, 0.2) is 0 Å². The molecule has 0 aliphatic carbocycles. The third-order valence-electron chi connectivity index (χ3n) is 3.05. The van der Waals surface area contributed by atoms with Crippen LogP contribution in [0.15, 0.2) is 36.4 Å². The van der Waals surface area contributed by atoms with Crippen molar-refractivity contribution < 1.29 is 8.78 Å². The van der Waals surface area contributed by atoms with Gasteiger partial charge >= 0.3 is 0 Å². The number of hydrogen-bond acceptors (Lipinski definition) is 1. The van der Waals surface area contributed by atoms with Crippen molar-refractivity contribution in [1.29, 1.82) is 0 Å². The second-order valence-electron chi connectivity index (χ2n) is 4.56. The highest BCUT2D eigenvalue weighted by molar-refractivity contribution is 14.1. The Morgan fingerprint density at radius 3 is 2.37 bits per heavy atom. The van der Waals surface area contributed by atoms with Crippen LogP contribution in [0.25, 0.3) is 0 Å². The topological polar surface area (TPSA) is 26.0 Å². The molecule has 1 atom stereocenters. The van der Waals surface area contributed by atoms with Gasteiger partial charge in [0.2, 0.25) is 0 Å². The summed E-state index contributed by atoms with van der Waals surface area (Å²) in [6, 6.07) is 9.81. The van der Waals surface area contributed by atoms with Crippen LogP contribution in [0, 0.1) is 22.1 Å². The SMILES string of the molecule is Cc1cc(C(N)Cc2ccc(I)cc2)c(F)cc1F. The molecule has 0 spiro atoms. The van der Waals surface area contributed by atoms with Crippen molar-refractivity contribution in [2.24, 2.45) is 5.73 Å². The van der Waals surface area contributed by atoms with Crippen LogP contribution in [0.2, 0.25) is 0 Å². The number of rotatable bonds is 3. The Kier molecular flexibility index (Phi) is 4.52. The zero-order valence-corrected chi connectivity index (χ0v) is 12.6. The zero-order valence-electron chi connectivity index (χ0n) is 10.5. The van der Waals surface area contributed by atoms with Gasteiger partial charge in [-0.15, -0.1) is 0 Å². The predicted octanol–water partition coefficient (Wildman–Crippen LogP) is 4.12. The lowest BCUT2D eigenvalue weighted by atomic mass is 9.97. The number of nitrogens with two attached hydrogens (primary N) is 1. The predicted molar refractivity (Wildman–Crippen MR) is 80.9 cm³/mol. The minimum absolute atomic E-state index is 0.359. The van der Waals surface area contributed by atoms with E-state index >= 15 is 0 Å². The first-order valence-electron chi connectivity index (χ1n) is 5.93. The number of aryl methyl sites for hydroxylation is 1. The minimum atomic E-state index is -0.582. The van der Waals surface area contributed by atoms with E-state index in [0.29, 0.717) is 17.5 Å². The Labute approximate surface area is 125 Å². The third kappa shape index (κ3) is 3.51. The van der Waals surface area contributed by atoms with Gasteiger partial charge < -0.3 is 5.73 Å². The number of hydrogen-bond donors (Lipinski definition) is 1. The lowest BCUT2D eigenvalue weighted by molar-refractivity contribution is 0.550. The van der Waals surface area contributed by atoms with Gasteiger partial charge in [-0.05, 0) is 65.3 Å². The van der Waals surface area contributed by atoms with E-state index in [2.05, 4.69) is 22.6 Å². The van der Waals surface area contributed by atoms with Crippen molar-refractivity contribution >= 4 is 22.6 Å². The lowest BCUT2D eigenvalue weighted by Gasteiger charge is -2.14. The smallest absolute Gasteiger partial charge is 0.130 e. The summed E-state index contributed by atoms with van der Waals surface area (Å²) in [7, 11) is 0. The largest absolute Gasteiger partial charge is 0.324 e. The van der Waals surface area contributed by atoms with Gasteiger partial charge in [0.25, 0.3) is 0 Å². The first kappa shape index (κ1) is 14.4.